The lowest BCUT2D eigenvalue weighted by Crippen LogP contribution is -2.40. The van der Waals surface area contributed by atoms with E-state index < -0.39 is 9.84 Å². The second-order valence-electron chi connectivity index (χ2n) is 6.66. The van der Waals surface area contributed by atoms with Crippen LogP contribution in [0.5, 0.6) is 0 Å². The second-order valence-corrected chi connectivity index (χ2v) is 10.1. The zero-order chi connectivity index (χ0) is 16.9. The van der Waals surface area contributed by atoms with Crippen LogP contribution in [0.4, 0.5) is 0 Å². The Morgan fingerprint density at radius 1 is 1.26 bits per heavy atom. The molecule has 0 radical (unpaired) electrons. The van der Waals surface area contributed by atoms with E-state index in [4.69, 9.17) is 4.74 Å². The van der Waals surface area contributed by atoms with Gasteiger partial charge in [0.25, 0.3) is 0 Å². The van der Waals surface area contributed by atoms with Crippen LogP contribution in [0.1, 0.15) is 50.6 Å². The number of ether oxygens (including phenoxy) is 1. The van der Waals surface area contributed by atoms with E-state index in [1.165, 1.54) is 25.5 Å². The fraction of sp³-hybridized carbons (Fsp3) is 0.812. The van der Waals surface area contributed by atoms with Gasteiger partial charge in [-0.2, -0.15) is 5.10 Å². The molecular weight excluding hydrogens is 427 g/mol. The van der Waals surface area contributed by atoms with Crippen molar-refractivity contribution in [2.24, 2.45) is 0 Å². The minimum absolute atomic E-state index is 0.0877. The molecule has 2 rings (SSSR count). The number of rotatable bonds is 6. The Hall–Kier alpha value is -0.150. The molecule has 1 saturated carbocycles. The third kappa shape index (κ3) is 6.01. The zero-order valence-corrected chi connectivity index (χ0v) is 17.0. The van der Waals surface area contributed by atoms with Gasteiger partial charge in [-0.15, -0.1) is 0 Å². The summed E-state index contributed by atoms with van der Waals surface area (Å²) in [5.74, 6) is 0.0877. The van der Waals surface area contributed by atoms with Crippen molar-refractivity contribution in [2.45, 2.75) is 64.0 Å². The van der Waals surface area contributed by atoms with Crippen molar-refractivity contribution < 1.29 is 13.2 Å². The first-order valence-electron chi connectivity index (χ1n) is 8.31. The summed E-state index contributed by atoms with van der Waals surface area (Å²) in [7, 11) is -2.99. The summed E-state index contributed by atoms with van der Waals surface area (Å²) in [4.78, 5) is 0. The molecule has 1 heterocycles. The Morgan fingerprint density at radius 2 is 1.87 bits per heavy atom. The molecule has 0 bridgehead atoms. The van der Waals surface area contributed by atoms with Gasteiger partial charge < -0.3 is 4.74 Å². The highest BCUT2D eigenvalue weighted by atomic mass is 127. The maximum atomic E-state index is 11.4. The van der Waals surface area contributed by atoms with Crippen molar-refractivity contribution in [1.29, 1.82) is 0 Å². The molecule has 1 aromatic heterocycles. The summed E-state index contributed by atoms with van der Waals surface area (Å²) in [5, 5.41) is 4.48. The van der Waals surface area contributed by atoms with Gasteiger partial charge in [-0.25, -0.2) is 8.42 Å². The van der Waals surface area contributed by atoms with Crippen molar-refractivity contribution >= 4 is 32.4 Å². The van der Waals surface area contributed by atoms with Crippen LogP contribution in [-0.4, -0.2) is 42.4 Å². The lowest BCUT2D eigenvalue weighted by Gasteiger charge is -2.36. The van der Waals surface area contributed by atoms with Crippen LogP contribution in [0.3, 0.4) is 0 Å². The lowest BCUT2D eigenvalue weighted by molar-refractivity contribution is -0.0703. The summed E-state index contributed by atoms with van der Waals surface area (Å²) >= 11 is 2.29. The normalized spacial score (nSPS) is 19.3. The van der Waals surface area contributed by atoms with Crippen LogP contribution < -0.4 is 0 Å². The van der Waals surface area contributed by atoms with E-state index in [9.17, 15) is 8.42 Å². The van der Waals surface area contributed by atoms with Crippen molar-refractivity contribution in [3.05, 3.63) is 15.5 Å². The van der Waals surface area contributed by atoms with E-state index in [-0.39, 0.29) is 18.0 Å². The topological polar surface area (TPSA) is 61.2 Å². The van der Waals surface area contributed by atoms with Crippen molar-refractivity contribution in [3.8, 4) is 0 Å². The van der Waals surface area contributed by atoms with E-state index in [1.54, 1.807) is 0 Å². The van der Waals surface area contributed by atoms with E-state index >= 15 is 0 Å². The SMILES string of the molecule is Cc1c(I)cnn1CC1(OCCS(C)(=O)=O)CCCCCCC1. The first kappa shape index (κ1) is 19.2. The maximum Gasteiger partial charge on any atom is 0.149 e. The molecule has 1 fully saturated rings. The van der Waals surface area contributed by atoms with Gasteiger partial charge >= 0.3 is 0 Å². The summed E-state index contributed by atoms with van der Waals surface area (Å²) in [6, 6.07) is 0. The summed E-state index contributed by atoms with van der Waals surface area (Å²) in [6.45, 7) is 3.06. The summed E-state index contributed by atoms with van der Waals surface area (Å²) < 4.78 is 32.2. The number of nitrogens with zero attached hydrogens (tertiary/aromatic N) is 2. The number of aromatic nitrogens is 2. The van der Waals surface area contributed by atoms with Crippen LogP contribution in [-0.2, 0) is 21.1 Å². The Kier molecular flexibility index (Phi) is 6.91. The predicted octanol–water partition coefficient (Wildman–Crippen LogP) is 3.34. The highest BCUT2D eigenvalue weighted by Gasteiger charge is 2.33. The van der Waals surface area contributed by atoms with Gasteiger partial charge in [-0.05, 0) is 42.4 Å². The van der Waals surface area contributed by atoms with E-state index in [1.807, 2.05) is 10.9 Å². The third-order valence-corrected chi connectivity index (χ3v) is 6.58. The number of sulfone groups is 1. The van der Waals surface area contributed by atoms with Crippen molar-refractivity contribution in [1.82, 2.24) is 9.78 Å². The highest BCUT2D eigenvalue weighted by Crippen LogP contribution is 2.32. The molecule has 1 aliphatic rings. The smallest absolute Gasteiger partial charge is 0.149 e. The fourth-order valence-electron chi connectivity index (χ4n) is 3.16. The van der Waals surface area contributed by atoms with Gasteiger partial charge in [0.05, 0.1) is 34.3 Å². The Bertz CT molecular complexity index is 605. The van der Waals surface area contributed by atoms with Crippen LogP contribution >= 0.6 is 22.6 Å². The Balaban J connectivity index is 2.13. The first-order valence-corrected chi connectivity index (χ1v) is 11.4. The Morgan fingerprint density at radius 3 is 2.39 bits per heavy atom. The molecule has 0 atom stereocenters. The number of hydrogen-bond acceptors (Lipinski definition) is 4. The minimum atomic E-state index is -2.99. The van der Waals surface area contributed by atoms with Gasteiger partial charge in [-0.1, -0.05) is 32.1 Å². The van der Waals surface area contributed by atoms with Gasteiger partial charge in [0.15, 0.2) is 0 Å². The van der Waals surface area contributed by atoms with Crippen molar-refractivity contribution in [3.63, 3.8) is 0 Å². The molecule has 1 aromatic rings. The molecule has 23 heavy (non-hydrogen) atoms. The molecular formula is C16H27IN2O3S. The zero-order valence-electron chi connectivity index (χ0n) is 14.1. The average molecular weight is 454 g/mol. The van der Waals surface area contributed by atoms with Gasteiger partial charge in [0, 0.05) is 11.9 Å². The second kappa shape index (κ2) is 8.29. The largest absolute Gasteiger partial charge is 0.372 e. The minimum Gasteiger partial charge on any atom is -0.372 e. The first-order chi connectivity index (χ1) is 10.8. The number of hydrogen-bond donors (Lipinski definition) is 0. The molecule has 0 aromatic carbocycles. The van der Waals surface area contributed by atoms with Gasteiger partial charge in [0.2, 0.25) is 0 Å². The molecule has 0 N–H and O–H groups in total. The fourth-order valence-corrected chi connectivity index (χ4v) is 3.95. The monoisotopic (exact) mass is 454 g/mol. The van der Waals surface area contributed by atoms with Gasteiger partial charge in [0.1, 0.15) is 9.84 Å². The predicted molar refractivity (Wildman–Crippen MR) is 100 cm³/mol. The standard InChI is InChI=1S/C16H27IN2O3S/c1-14-15(17)12-18-19(14)13-16(22-10-11-23(2,20)21)8-6-4-3-5-7-9-16/h12H,3-11,13H2,1-2H3. The number of halogens is 1. The van der Waals surface area contributed by atoms with Crippen LogP contribution in [0, 0.1) is 10.5 Å². The van der Waals surface area contributed by atoms with Crippen LogP contribution in [0.2, 0.25) is 0 Å². The quantitative estimate of drug-likeness (QED) is 0.619. The average Bonchev–Trinajstić information content (AvgIpc) is 2.73. The molecule has 132 valence electrons. The molecule has 0 spiro atoms. The molecule has 0 unspecified atom stereocenters. The Labute approximate surface area is 153 Å². The third-order valence-electron chi connectivity index (χ3n) is 4.61. The van der Waals surface area contributed by atoms with E-state index in [0.29, 0.717) is 6.54 Å². The molecule has 1 aliphatic carbocycles. The summed E-state index contributed by atoms with van der Waals surface area (Å²) in [5.41, 5.74) is 0.865. The van der Waals surface area contributed by atoms with E-state index in [2.05, 4.69) is 34.6 Å². The van der Waals surface area contributed by atoms with Crippen LogP contribution in [0.15, 0.2) is 6.20 Å². The lowest BCUT2D eigenvalue weighted by atomic mass is 9.86. The highest BCUT2D eigenvalue weighted by molar-refractivity contribution is 14.1. The maximum absolute atomic E-state index is 11.4. The van der Waals surface area contributed by atoms with Crippen LogP contribution in [0.25, 0.3) is 0 Å². The molecule has 0 aliphatic heterocycles. The molecule has 0 saturated heterocycles. The van der Waals surface area contributed by atoms with E-state index in [0.717, 1.165) is 34.9 Å². The molecule has 0 amide bonds. The molecule has 7 heteroatoms. The van der Waals surface area contributed by atoms with Crippen molar-refractivity contribution in [2.75, 3.05) is 18.6 Å². The summed E-state index contributed by atoms with van der Waals surface area (Å²) in [6.07, 6.45) is 11.1. The van der Waals surface area contributed by atoms with Gasteiger partial charge in [-0.3, -0.25) is 4.68 Å². The molecule has 5 nitrogen and oxygen atoms in total.